The Kier molecular flexibility index (Phi) is 6.75. The molecule has 1 atom stereocenters. The van der Waals surface area contributed by atoms with Gasteiger partial charge in [-0.2, -0.15) is 0 Å². The minimum atomic E-state index is -0.694. The van der Waals surface area contributed by atoms with Gasteiger partial charge in [0.2, 0.25) is 0 Å². The Bertz CT molecular complexity index is 447. The number of halogens is 2. The van der Waals surface area contributed by atoms with Gasteiger partial charge in [-0.25, -0.2) is 0 Å². The van der Waals surface area contributed by atoms with Gasteiger partial charge in [0, 0.05) is 12.0 Å². The summed E-state index contributed by atoms with van der Waals surface area (Å²) < 4.78 is 6.24. The number of piperidine rings is 1. The molecule has 1 amide bonds. The van der Waals surface area contributed by atoms with Crippen molar-refractivity contribution in [1.82, 2.24) is 10.6 Å². The minimum Gasteiger partial charge on any atom is -0.368 e. The highest BCUT2D eigenvalue weighted by Crippen LogP contribution is 2.28. The van der Waals surface area contributed by atoms with Crippen LogP contribution >= 0.6 is 35.3 Å². The summed E-state index contributed by atoms with van der Waals surface area (Å²) in [6.45, 7) is 3.57. The van der Waals surface area contributed by atoms with Crippen LogP contribution in [0.15, 0.2) is 12.1 Å². The molecular formula is C13H20Cl2N2O2S. The van der Waals surface area contributed by atoms with Crippen LogP contribution in [0.2, 0.25) is 4.34 Å². The van der Waals surface area contributed by atoms with E-state index in [0.717, 1.165) is 22.3 Å². The van der Waals surface area contributed by atoms with Crippen LogP contribution in [-0.4, -0.2) is 31.7 Å². The van der Waals surface area contributed by atoms with E-state index in [-0.39, 0.29) is 24.4 Å². The van der Waals surface area contributed by atoms with Crippen molar-refractivity contribution in [3.05, 3.63) is 21.3 Å². The molecular weight excluding hydrogens is 319 g/mol. The first-order valence-electron chi connectivity index (χ1n) is 6.39. The van der Waals surface area contributed by atoms with Crippen LogP contribution < -0.4 is 10.6 Å². The zero-order valence-corrected chi connectivity index (χ0v) is 14.0. The highest BCUT2D eigenvalue weighted by Gasteiger charge is 2.40. The summed E-state index contributed by atoms with van der Waals surface area (Å²) in [5.41, 5.74) is -0.694. The minimum absolute atomic E-state index is 0. The van der Waals surface area contributed by atoms with Crippen molar-refractivity contribution in [3.8, 4) is 0 Å². The van der Waals surface area contributed by atoms with Crippen LogP contribution in [0.1, 0.15) is 30.7 Å². The molecule has 1 unspecified atom stereocenters. The van der Waals surface area contributed by atoms with Gasteiger partial charge in [0.05, 0.1) is 10.4 Å². The molecule has 1 fully saturated rings. The molecule has 4 nitrogen and oxygen atoms in total. The summed E-state index contributed by atoms with van der Waals surface area (Å²) in [4.78, 5) is 13.5. The second kappa shape index (κ2) is 7.61. The van der Waals surface area contributed by atoms with E-state index in [9.17, 15) is 4.79 Å². The average Bonchev–Trinajstić information content (AvgIpc) is 2.86. The molecule has 2 rings (SSSR count). The van der Waals surface area contributed by atoms with Crippen LogP contribution in [0.4, 0.5) is 0 Å². The lowest BCUT2D eigenvalue weighted by Crippen LogP contribution is -2.54. The maximum Gasteiger partial charge on any atom is 0.252 e. The maximum atomic E-state index is 12.4. The van der Waals surface area contributed by atoms with Gasteiger partial charge in [0.25, 0.3) is 5.91 Å². The molecule has 0 aliphatic carbocycles. The van der Waals surface area contributed by atoms with Crippen molar-refractivity contribution in [2.75, 3.05) is 20.2 Å². The van der Waals surface area contributed by atoms with Crippen molar-refractivity contribution in [2.24, 2.45) is 0 Å². The van der Waals surface area contributed by atoms with Crippen molar-refractivity contribution in [2.45, 2.75) is 31.4 Å². The number of rotatable bonds is 4. The van der Waals surface area contributed by atoms with Crippen LogP contribution in [0.5, 0.6) is 0 Å². The lowest BCUT2D eigenvalue weighted by molar-refractivity contribution is -0.147. The van der Waals surface area contributed by atoms with Gasteiger partial charge in [0.15, 0.2) is 0 Å². The van der Waals surface area contributed by atoms with E-state index in [0.29, 0.717) is 12.8 Å². The van der Waals surface area contributed by atoms with Gasteiger partial charge < -0.3 is 15.4 Å². The van der Waals surface area contributed by atoms with Crippen molar-refractivity contribution < 1.29 is 9.53 Å². The van der Waals surface area contributed by atoms with Gasteiger partial charge in [-0.1, -0.05) is 11.6 Å². The number of methoxy groups -OCH3 is 1. The second-order valence-corrected chi connectivity index (χ2v) is 6.53. The Morgan fingerprint density at radius 2 is 2.15 bits per heavy atom. The fourth-order valence-corrected chi connectivity index (χ4v) is 3.38. The first-order valence-corrected chi connectivity index (χ1v) is 7.59. The van der Waals surface area contributed by atoms with E-state index >= 15 is 0 Å². The maximum absolute atomic E-state index is 12.4. The van der Waals surface area contributed by atoms with Crippen molar-refractivity contribution >= 4 is 41.3 Å². The molecule has 1 aliphatic rings. The van der Waals surface area contributed by atoms with Crippen LogP contribution in [0.25, 0.3) is 0 Å². The van der Waals surface area contributed by atoms with Gasteiger partial charge >= 0.3 is 0 Å². The molecule has 0 aromatic carbocycles. The average molecular weight is 339 g/mol. The number of amides is 1. The number of nitrogens with one attached hydrogen (secondary N) is 2. The lowest BCUT2D eigenvalue weighted by atomic mass is 9.91. The van der Waals surface area contributed by atoms with E-state index in [1.807, 2.05) is 19.1 Å². The van der Waals surface area contributed by atoms with Crippen molar-refractivity contribution in [1.29, 1.82) is 0 Å². The predicted molar refractivity (Wildman–Crippen MR) is 85.0 cm³/mol. The molecule has 0 saturated carbocycles. The molecule has 0 bridgehead atoms. The smallest absolute Gasteiger partial charge is 0.252 e. The Balaban J connectivity index is 0.00000200. The van der Waals surface area contributed by atoms with E-state index in [1.54, 1.807) is 7.11 Å². The van der Waals surface area contributed by atoms with E-state index in [1.165, 1.54) is 11.3 Å². The van der Waals surface area contributed by atoms with Gasteiger partial charge in [-0.05, 0) is 45.0 Å². The molecule has 2 heterocycles. The third-order valence-electron chi connectivity index (χ3n) is 3.58. The molecule has 0 radical (unpaired) electrons. The highest BCUT2D eigenvalue weighted by molar-refractivity contribution is 7.16. The number of ether oxygens (including phenoxy) is 1. The predicted octanol–water partition coefficient (Wildman–Crippen LogP) is 2.77. The third-order valence-corrected chi connectivity index (χ3v) is 5.00. The Labute approximate surface area is 134 Å². The molecule has 20 heavy (non-hydrogen) atoms. The molecule has 1 aromatic rings. The SMILES string of the molecule is COC1(C(=O)NC(C)c2ccc(Cl)s2)CCNCC1.Cl. The Morgan fingerprint density at radius 1 is 1.50 bits per heavy atom. The molecule has 1 aliphatic heterocycles. The molecule has 1 saturated heterocycles. The van der Waals surface area contributed by atoms with E-state index in [2.05, 4.69) is 10.6 Å². The topological polar surface area (TPSA) is 50.4 Å². The first kappa shape index (κ1) is 17.7. The third kappa shape index (κ3) is 3.86. The van der Waals surface area contributed by atoms with E-state index in [4.69, 9.17) is 16.3 Å². The van der Waals surface area contributed by atoms with Gasteiger partial charge in [-0.3, -0.25) is 4.79 Å². The largest absolute Gasteiger partial charge is 0.368 e. The number of carbonyl (C=O) groups excluding carboxylic acids is 1. The zero-order valence-electron chi connectivity index (χ0n) is 11.6. The summed E-state index contributed by atoms with van der Waals surface area (Å²) >= 11 is 7.41. The fraction of sp³-hybridized carbons (Fsp3) is 0.615. The summed E-state index contributed by atoms with van der Waals surface area (Å²) in [6, 6.07) is 3.74. The van der Waals surface area contributed by atoms with Crippen molar-refractivity contribution in [3.63, 3.8) is 0 Å². The molecule has 114 valence electrons. The normalized spacial score (nSPS) is 18.9. The number of carbonyl (C=O) groups is 1. The summed E-state index contributed by atoms with van der Waals surface area (Å²) in [5, 5.41) is 6.27. The molecule has 7 heteroatoms. The summed E-state index contributed by atoms with van der Waals surface area (Å²) in [5.74, 6) is -0.0338. The molecule has 2 N–H and O–H groups in total. The number of hydrogen-bond acceptors (Lipinski definition) is 4. The van der Waals surface area contributed by atoms with Crippen LogP contribution in [0, 0.1) is 0 Å². The highest BCUT2D eigenvalue weighted by atomic mass is 35.5. The second-order valence-electron chi connectivity index (χ2n) is 4.79. The standard InChI is InChI=1S/C13H19ClN2O2S.ClH/c1-9(10-3-4-11(14)19-10)16-12(17)13(18-2)5-7-15-8-6-13;/h3-4,9,15H,5-8H2,1-2H3,(H,16,17);1H. The quantitative estimate of drug-likeness (QED) is 0.887. The summed E-state index contributed by atoms with van der Waals surface area (Å²) in [7, 11) is 1.61. The van der Waals surface area contributed by atoms with Gasteiger partial charge in [0.1, 0.15) is 5.60 Å². The van der Waals surface area contributed by atoms with Crippen LogP contribution in [0.3, 0.4) is 0 Å². The summed E-state index contributed by atoms with van der Waals surface area (Å²) in [6.07, 6.45) is 1.40. The van der Waals surface area contributed by atoms with Crippen LogP contribution in [-0.2, 0) is 9.53 Å². The van der Waals surface area contributed by atoms with Gasteiger partial charge in [-0.15, -0.1) is 23.7 Å². The fourth-order valence-electron chi connectivity index (χ4n) is 2.31. The Hall–Kier alpha value is -0.330. The monoisotopic (exact) mass is 338 g/mol. The lowest BCUT2D eigenvalue weighted by Gasteiger charge is -2.35. The first-order chi connectivity index (χ1) is 9.07. The number of thiophene rings is 1. The Morgan fingerprint density at radius 3 is 2.65 bits per heavy atom. The van der Waals surface area contributed by atoms with E-state index < -0.39 is 5.60 Å². The molecule has 0 spiro atoms. The molecule has 1 aromatic heterocycles. The number of hydrogen-bond donors (Lipinski definition) is 2. The zero-order chi connectivity index (χ0) is 13.9.